The minimum atomic E-state index is -1.50. The summed E-state index contributed by atoms with van der Waals surface area (Å²) >= 11 is 0. The number of hydrogen-bond donors (Lipinski definition) is 2. The van der Waals surface area contributed by atoms with Crippen LogP contribution in [-0.4, -0.2) is 37.5 Å². The van der Waals surface area contributed by atoms with Gasteiger partial charge >= 0.3 is 0 Å². The number of benzene rings is 1. The summed E-state index contributed by atoms with van der Waals surface area (Å²) in [5, 5.41) is 15.3. The molecule has 0 bridgehead atoms. The maximum absolute atomic E-state index is 8.44. The second-order valence-corrected chi connectivity index (χ2v) is 11.2. The van der Waals surface area contributed by atoms with Crippen molar-refractivity contribution in [3.63, 3.8) is 0 Å². The Morgan fingerprint density at radius 3 is 2.12 bits per heavy atom. The normalized spacial score (nSPS) is 11.0. The molecule has 1 aromatic carbocycles. The van der Waals surface area contributed by atoms with Gasteiger partial charge in [0, 0.05) is 41.9 Å². The zero-order chi connectivity index (χ0) is 19.0. The van der Waals surface area contributed by atoms with E-state index in [4.69, 9.17) is 11.6 Å². The molecular formula is C19H30IrNO2Si-. The van der Waals surface area contributed by atoms with Crippen molar-refractivity contribution in [1.29, 1.82) is 0 Å². The summed E-state index contributed by atoms with van der Waals surface area (Å²) in [6.45, 7) is 10.8. The van der Waals surface area contributed by atoms with Gasteiger partial charge in [0.25, 0.3) is 0 Å². The van der Waals surface area contributed by atoms with Crippen molar-refractivity contribution in [3.05, 3.63) is 48.2 Å². The molecule has 0 aliphatic rings. The summed E-state index contributed by atoms with van der Waals surface area (Å²) < 4.78 is 8.44. The average Bonchev–Trinajstić information content (AvgIpc) is 2.57. The van der Waals surface area contributed by atoms with Gasteiger partial charge in [-0.1, -0.05) is 45.1 Å². The zero-order valence-corrected chi connectivity index (χ0v) is 19.0. The van der Waals surface area contributed by atoms with Crippen LogP contribution in [0.2, 0.25) is 19.6 Å². The molecule has 1 radical (unpaired) electrons. The molecule has 2 N–H and O–H groups in total. The van der Waals surface area contributed by atoms with Gasteiger partial charge in [0.1, 0.15) is 0 Å². The Morgan fingerprint density at radius 2 is 1.71 bits per heavy atom. The van der Waals surface area contributed by atoms with Crippen LogP contribution in [-0.2, 0) is 20.1 Å². The summed E-state index contributed by atoms with van der Waals surface area (Å²) in [7, 11) is 0.496. The van der Waals surface area contributed by atoms with Crippen LogP contribution >= 0.6 is 0 Å². The van der Waals surface area contributed by atoms with Crippen molar-refractivity contribution < 1.29 is 31.7 Å². The first-order valence-corrected chi connectivity index (χ1v) is 11.1. The Balaban J connectivity index is 0. The molecule has 0 aliphatic heterocycles. The zero-order valence-electron chi connectivity index (χ0n) is 16.6. The van der Waals surface area contributed by atoms with Crippen LogP contribution in [0.25, 0.3) is 11.3 Å². The van der Waals surface area contributed by atoms with Gasteiger partial charge in [0.2, 0.25) is 0 Å². The molecule has 0 fully saturated rings. The number of aliphatic hydroxyl groups is 2. The molecule has 0 unspecified atom stereocenters. The van der Waals surface area contributed by atoms with Crippen LogP contribution in [0.4, 0.5) is 0 Å². The Hall–Kier alpha value is -0.844. The van der Waals surface area contributed by atoms with E-state index in [0.717, 1.165) is 31.0 Å². The number of hydrogen-bond acceptors (Lipinski definition) is 3. The minimum Gasteiger partial charge on any atom is -0.400 e. The van der Waals surface area contributed by atoms with E-state index in [1.165, 1.54) is 5.19 Å². The van der Waals surface area contributed by atoms with E-state index in [1.54, 1.807) is 0 Å². The smallest absolute Gasteiger partial charge is 0.0799 e. The van der Waals surface area contributed by atoms with Crippen LogP contribution in [0, 0.1) is 6.07 Å². The van der Waals surface area contributed by atoms with Gasteiger partial charge in [-0.05, 0) is 16.8 Å². The molecule has 1 heterocycles. The summed E-state index contributed by atoms with van der Waals surface area (Å²) in [4.78, 5) is 4.61. The Bertz CT molecular complexity index is 611. The maximum Gasteiger partial charge on any atom is 0.0799 e. The predicted octanol–water partition coefficient (Wildman–Crippen LogP) is 3.43. The molecule has 137 valence electrons. The third-order valence-electron chi connectivity index (χ3n) is 3.24. The van der Waals surface area contributed by atoms with E-state index >= 15 is 0 Å². The number of pyridine rings is 1. The number of aliphatic hydroxyl groups excluding tert-OH is 2. The maximum atomic E-state index is 8.44. The standard InChI is InChI=1S/C17H22NSi.2CH4O.Ir/c1-13(2)15-11-16(14-9-7-6-8-10-14)18-12-17(15)19(3,4)5;2*1-2;/h6-9,11-13H,1-5H3;2*2H,1H3;/q-1;;;/i13D;;;. The monoisotopic (exact) mass is 526 g/mol. The summed E-state index contributed by atoms with van der Waals surface area (Å²) in [6, 6.07) is 13.1. The average molecular weight is 526 g/mol. The van der Waals surface area contributed by atoms with Crippen LogP contribution in [0.5, 0.6) is 0 Å². The molecular weight excluding hydrogens is 495 g/mol. The van der Waals surface area contributed by atoms with Crippen molar-refractivity contribution in [2.75, 3.05) is 14.2 Å². The predicted molar refractivity (Wildman–Crippen MR) is 102 cm³/mol. The van der Waals surface area contributed by atoms with Crippen molar-refractivity contribution >= 4 is 13.3 Å². The van der Waals surface area contributed by atoms with Crippen LogP contribution in [0.15, 0.2) is 36.5 Å². The number of aromatic nitrogens is 1. The first kappa shape index (κ1) is 23.2. The first-order chi connectivity index (χ1) is 11.2. The quantitative estimate of drug-likeness (QED) is 0.477. The first-order valence-electron chi connectivity index (χ1n) is 8.07. The fourth-order valence-corrected chi connectivity index (χ4v) is 3.75. The molecule has 24 heavy (non-hydrogen) atoms. The molecule has 0 spiro atoms. The van der Waals surface area contributed by atoms with Gasteiger partial charge in [0.05, 0.1) is 8.07 Å². The largest absolute Gasteiger partial charge is 0.400 e. The second kappa shape index (κ2) is 12.5. The topological polar surface area (TPSA) is 53.4 Å². The molecule has 1 aromatic heterocycles. The molecule has 0 saturated carbocycles. The van der Waals surface area contributed by atoms with Crippen LogP contribution < -0.4 is 5.19 Å². The van der Waals surface area contributed by atoms with Crippen LogP contribution in [0.1, 0.15) is 26.7 Å². The SMILES string of the molecule is CO.CO.[2H]C(C)(C)c1cc(-c2[c-]cccc2)ncc1[Si](C)(C)C.[Ir]. The van der Waals surface area contributed by atoms with Crippen molar-refractivity contribution in [2.45, 2.75) is 39.4 Å². The van der Waals surface area contributed by atoms with E-state index in [0.29, 0.717) is 0 Å². The number of rotatable bonds is 3. The molecule has 2 aromatic rings. The molecule has 0 amide bonds. The van der Waals surface area contributed by atoms with E-state index in [9.17, 15) is 0 Å². The molecule has 0 saturated heterocycles. The second-order valence-electron chi connectivity index (χ2n) is 6.14. The minimum absolute atomic E-state index is 0. The van der Waals surface area contributed by atoms with Crippen LogP contribution in [0.3, 0.4) is 0 Å². The van der Waals surface area contributed by atoms with E-state index < -0.39 is 14.0 Å². The molecule has 3 nitrogen and oxygen atoms in total. The van der Waals surface area contributed by atoms with Gasteiger partial charge in [-0.3, -0.25) is 0 Å². The van der Waals surface area contributed by atoms with Crippen molar-refractivity contribution in [3.8, 4) is 11.3 Å². The Kier molecular flexibility index (Phi) is 12.1. The van der Waals surface area contributed by atoms with Crippen molar-refractivity contribution in [2.24, 2.45) is 0 Å². The molecule has 0 aliphatic carbocycles. The van der Waals surface area contributed by atoms with E-state index in [1.807, 2.05) is 44.3 Å². The Labute approximate surface area is 162 Å². The van der Waals surface area contributed by atoms with Gasteiger partial charge in [0.15, 0.2) is 0 Å². The molecule has 0 atom stereocenters. The fourth-order valence-electron chi connectivity index (χ4n) is 2.17. The van der Waals surface area contributed by atoms with Gasteiger partial charge in [-0.25, -0.2) is 0 Å². The summed E-state index contributed by atoms with van der Waals surface area (Å²) in [5.41, 5.74) is 2.99. The van der Waals surface area contributed by atoms with Gasteiger partial charge < -0.3 is 15.2 Å². The summed E-state index contributed by atoms with van der Waals surface area (Å²) in [5.74, 6) is -0.609. The third kappa shape index (κ3) is 7.37. The Morgan fingerprint density at radius 1 is 1.12 bits per heavy atom. The van der Waals surface area contributed by atoms with Crippen molar-refractivity contribution in [1.82, 2.24) is 4.98 Å². The fraction of sp³-hybridized carbons (Fsp3) is 0.421. The third-order valence-corrected chi connectivity index (χ3v) is 5.25. The van der Waals surface area contributed by atoms with E-state index in [-0.39, 0.29) is 20.1 Å². The number of nitrogens with zero attached hydrogens (tertiary/aromatic N) is 1. The van der Waals surface area contributed by atoms with Gasteiger partial charge in [-0.15, -0.1) is 35.9 Å². The molecule has 5 heteroatoms. The van der Waals surface area contributed by atoms with E-state index in [2.05, 4.69) is 36.8 Å². The molecule has 2 rings (SSSR count). The van der Waals surface area contributed by atoms with Gasteiger partial charge in [-0.2, -0.15) is 0 Å². The summed E-state index contributed by atoms with van der Waals surface area (Å²) in [6.07, 6.45) is 1.98.